The fourth-order valence-corrected chi connectivity index (χ4v) is 3.21. The maximum absolute atomic E-state index is 3.65. The molecule has 1 unspecified atom stereocenters. The molecule has 0 bridgehead atoms. The summed E-state index contributed by atoms with van der Waals surface area (Å²) in [6, 6.07) is 0.623. The summed E-state index contributed by atoms with van der Waals surface area (Å²) in [7, 11) is 0. The molecule has 0 aliphatic heterocycles. The van der Waals surface area contributed by atoms with Crippen LogP contribution in [0.1, 0.15) is 79.1 Å². The van der Waals surface area contributed by atoms with Crippen molar-refractivity contribution >= 4 is 0 Å². The molecule has 0 radical (unpaired) electrons. The minimum Gasteiger partial charge on any atom is -0.314 e. The Bertz CT molecular complexity index is 194. The second-order valence-electron chi connectivity index (χ2n) is 6.79. The van der Waals surface area contributed by atoms with E-state index in [1.807, 2.05) is 0 Å². The summed E-state index contributed by atoms with van der Waals surface area (Å²) in [6.45, 7) is 10.5. The van der Waals surface area contributed by atoms with E-state index in [1.165, 1.54) is 57.9 Å². The highest BCUT2D eigenvalue weighted by Crippen LogP contribution is 2.35. The van der Waals surface area contributed by atoms with Crippen molar-refractivity contribution in [3.05, 3.63) is 0 Å². The molecule has 0 aromatic heterocycles. The van der Waals surface area contributed by atoms with Crippen molar-refractivity contribution in [2.45, 2.75) is 85.1 Å². The second kappa shape index (κ2) is 7.41. The third kappa shape index (κ3) is 5.90. The van der Waals surface area contributed by atoms with Crippen molar-refractivity contribution in [3.63, 3.8) is 0 Å². The van der Waals surface area contributed by atoms with Gasteiger partial charge in [0.15, 0.2) is 0 Å². The van der Waals surface area contributed by atoms with Gasteiger partial charge in [0.05, 0.1) is 0 Å². The summed E-state index contributed by atoms with van der Waals surface area (Å²) in [5, 5.41) is 3.65. The molecular formula is C16H33N. The Morgan fingerprint density at radius 3 is 2.35 bits per heavy atom. The van der Waals surface area contributed by atoms with Crippen molar-refractivity contribution in [2.24, 2.45) is 11.3 Å². The summed E-state index contributed by atoms with van der Waals surface area (Å²) in [5.41, 5.74) is 0.529. The van der Waals surface area contributed by atoms with E-state index in [0.717, 1.165) is 5.92 Å². The molecule has 102 valence electrons. The van der Waals surface area contributed by atoms with Gasteiger partial charge >= 0.3 is 0 Å². The van der Waals surface area contributed by atoms with Crippen LogP contribution in [-0.4, -0.2) is 12.6 Å². The van der Waals surface area contributed by atoms with Gasteiger partial charge < -0.3 is 5.32 Å². The quantitative estimate of drug-likeness (QED) is 0.644. The van der Waals surface area contributed by atoms with Crippen LogP contribution in [0, 0.1) is 11.3 Å². The first kappa shape index (κ1) is 15.0. The Labute approximate surface area is 109 Å². The summed E-state index contributed by atoms with van der Waals surface area (Å²) < 4.78 is 0. The summed E-state index contributed by atoms with van der Waals surface area (Å²) in [5.74, 6) is 1.05. The number of rotatable bonds is 8. The molecule has 1 atom stereocenters. The van der Waals surface area contributed by atoms with Crippen LogP contribution in [0.4, 0.5) is 0 Å². The SMILES string of the molecule is CCCC(C)(CCC1CCCC1)CNC(C)C. The topological polar surface area (TPSA) is 12.0 Å². The van der Waals surface area contributed by atoms with E-state index in [2.05, 4.69) is 33.0 Å². The van der Waals surface area contributed by atoms with Gasteiger partial charge in [0, 0.05) is 12.6 Å². The van der Waals surface area contributed by atoms with Gasteiger partial charge in [-0.3, -0.25) is 0 Å². The molecule has 1 fully saturated rings. The van der Waals surface area contributed by atoms with E-state index in [4.69, 9.17) is 0 Å². The van der Waals surface area contributed by atoms with E-state index in [-0.39, 0.29) is 0 Å². The Morgan fingerprint density at radius 1 is 1.18 bits per heavy atom. The van der Waals surface area contributed by atoms with Gasteiger partial charge in [-0.25, -0.2) is 0 Å². The van der Waals surface area contributed by atoms with Gasteiger partial charge in [-0.15, -0.1) is 0 Å². The Balaban J connectivity index is 2.33. The van der Waals surface area contributed by atoms with Gasteiger partial charge in [-0.1, -0.05) is 59.8 Å². The molecule has 0 spiro atoms. The maximum atomic E-state index is 3.65. The van der Waals surface area contributed by atoms with E-state index >= 15 is 0 Å². The van der Waals surface area contributed by atoms with Crippen LogP contribution < -0.4 is 5.32 Å². The largest absolute Gasteiger partial charge is 0.314 e. The van der Waals surface area contributed by atoms with Crippen LogP contribution in [0.2, 0.25) is 0 Å². The lowest BCUT2D eigenvalue weighted by atomic mass is 9.78. The Hall–Kier alpha value is -0.0400. The molecule has 1 aliphatic rings. The zero-order valence-electron chi connectivity index (χ0n) is 12.5. The summed E-state index contributed by atoms with van der Waals surface area (Å²) in [4.78, 5) is 0. The molecular weight excluding hydrogens is 206 g/mol. The van der Waals surface area contributed by atoms with Crippen molar-refractivity contribution in [1.29, 1.82) is 0 Å². The van der Waals surface area contributed by atoms with Crippen LogP contribution in [-0.2, 0) is 0 Å². The molecule has 0 saturated heterocycles. The Morgan fingerprint density at radius 2 is 1.82 bits per heavy atom. The lowest BCUT2D eigenvalue weighted by Crippen LogP contribution is -2.36. The van der Waals surface area contributed by atoms with Gasteiger partial charge in [-0.2, -0.15) is 0 Å². The minimum atomic E-state index is 0.529. The lowest BCUT2D eigenvalue weighted by molar-refractivity contribution is 0.226. The average Bonchev–Trinajstić information content (AvgIpc) is 2.77. The molecule has 1 saturated carbocycles. The van der Waals surface area contributed by atoms with Crippen molar-refractivity contribution in [2.75, 3.05) is 6.54 Å². The van der Waals surface area contributed by atoms with Gasteiger partial charge in [-0.05, 0) is 30.6 Å². The molecule has 1 rings (SSSR count). The van der Waals surface area contributed by atoms with Crippen molar-refractivity contribution in [1.82, 2.24) is 5.32 Å². The highest BCUT2D eigenvalue weighted by Gasteiger charge is 2.25. The number of hydrogen-bond donors (Lipinski definition) is 1. The molecule has 0 heterocycles. The van der Waals surface area contributed by atoms with Crippen LogP contribution in [0.3, 0.4) is 0 Å². The summed E-state index contributed by atoms with van der Waals surface area (Å²) in [6.07, 6.45) is 11.6. The first-order chi connectivity index (χ1) is 8.06. The van der Waals surface area contributed by atoms with Crippen LogP contribution in [0.5, 0.6) is 0 Å². The first-order valence-electron chi connectivity index (χ1n) is 7.79. The molecule has 1 N–H and O–H groups in total. The molecule has 17 heavy (non-hydrogen) atoms. The van der Waals surface area contributed by atoms with E-state index in [0.29, 0.717) is 11.5 Å². The van der Waals surface area contributed by atoms with E-state index in [9.17, 15) is 0 Å². The van der Waals surface area contributed by atoms with Gasteiger partial charge in [0.2, 0.25) is 0 Å². The van der Waals surface area contributed by atoms with E-state index < -0.39 is 0 Å². The van der Waals surface area contributed by atoms with Crippen LogP contribution in [0.15, 0.2) is 0 Å². The van der Waals surface area contributed by atoms with Crippen LogP contribution >= 0.6 is 0 Å². The third-order valence-corrected chi connectivity index (χ3v) is 4.42. The smallest absolute Gasteiger partial charge is 0.00106 e. The first-order valence-corrected chi connectivity index (χ1v) is 7.79. The zero-order valence-corrected chi connectivity index (χ0v) is 12.5. The molecule has 1 aliphatic carbocycles. The standard InChI is InChI=1S/C16H33N/c1-5-11-16(4,13-17-14(2)3)12-10-15-8-6-7-9-15/h14-15,17H,5-13H2,1-4H3. The molecule has 1 heteroatoms. The summed E-state index contributed by atoms with van der Waals surface area (Å²) >= 11 is 0. The molecule has 1 nitrogen and oxygen atoms in total. The Kier molecular flexibility index (Phi) is 6.54. The molecule has 0 aromatic rings. The molecule has 0 amide bonds. The van der Waals surface area contributed by atoms with Crippen molar-refractivity contribution in [3.8, 4) is 0 Å². The minimum absolute atomic E-state index is 0.529. The van der Waals surface area contributed by atoms with Gasteiger partial charge in [0.1, 0.15) is 0 Å². The van der Waals surface area contributed by atoms with Gasteiger partial charge in [0.25, 0.3) is 0 Å². The predicted molar refractivity (Wildman–Crippen MR) is 77.3 cm³/mol. The zero-order chi connectivity index (χ0) is 12.7. The monoisotopic (exact) mass is 239 g/mol. The molecule has 0 aromatic carbocycles. The third-order valence-electron chi connectivity index (χ3n) is 4.42. The number of hydrogen-bond acceptors (Lipinski definition) is 1. The van der Waals surface area contributed by atoms with Crippen LogP contribution in [0.25, 0.3) is 0 Å². The van der Waals surface area contributed by atoms with E-state index in [1.54, 1.807) is 0 Å². The second-order valence-corrected chi connectivity index (χ2v) is 6.79. The average molecular weight is 239 g/mol. The lowest BCUT2D eigenvalue weighted by Gasteiger charge is -2.32. The highest BCUT2D eigenvalue weighted by atomic mass is 14.9. The highest BCUT2D eigenvalue weighted by molar-refractivity contribution is 4.80. The predicted octanol–water partition coefficient (Wildman–Crippen LogP) is 4.76. The fraction of sp³-hybridized carbons (Fsp3) is 1.00. The maximum Gasteiger partial charge on any atom is 0.00106 e. The normalized spacial score (nSPS) is 21.0. The fourth-order valence-electron chi connectivity index (χ4n) is 3.21. The number of nitrogens with one attached hydrogen (secondary N) is 1. The van der Waals surface area contributed by atoms with Crippen molar-refractivity contribution < 1.29 is 0 Å².